The number of hydrogen-bond donors (Lipinski definition) is 1. The normalized spacial score (nSPS) is 11.4. The van der Waals surface area contributed by atoms with E-state index in [1.165, 1.54) is 44.6 Å². The van der Waals surface area contributed by atoms with E-state index in [0.29, 0.717) is 11.5 Å². The molecule has 1 N–H and O–H groups in total. The quantitative estimate of drug-likeness (QED) is 0.662. The minimum atomic E-state index is -4.51. The Hall–Kier alpha value is -3.03. The van der Waals surface area contributed by atoms with Crippen LogP contribution in [0.3, 0.4) is 0 Å². The molecule has 132 valence electrons. The van der Waals surface area contributed by atoms with E-state index >= 15 is 0 Å². The van der Waals surface area contributed by atoms with E-state index < -0.39 is 17.6 Å². The Morgan fingerprint density at radius 1 is 1.08 bits per heavy atom. The predicted octanol–water partition coefficient (Wildman–Crippen LogP) is 3.49. The summed E-state index contributed by atoms with van der Waals surface area (Å²) in [4.78, 5) is 12.1. The summed E-state index contributed by atoms with van der Waals surface area (Å²) < 4.78 is 48.8. The molecule has 0 aliphatic carbocycles. The van der Waals surface area contributed by atoms with Crippen LogP contribution in [0.1, 0.15) is 21.5 Å². The van der Waals surface area contributed by atoms with Gasteiger partial charge in [-0.15, -0.1) is 0 Å². The van der Waals surface area contributed by atoms with Gasteiger partial charge in [0.2, 0.25) is 0 Å². The van der Waals surface area contributed by atoms with Crippen molar-refractivity contribution in [1.82, 2.24) is 5.43 Å². The zero-order chi connectivity index (χ0) is 18.4. The number of rotatable bonds is 5. The fourth-order valence-corrected chi connectivity index (χ4v) is 2.03. The maximum absolute atomic E-state index is 12.9. The van der Waals surface area contributed by atoms with Crippen molar-refractivity contribution < 1.29 is 27.4 Å². The predicted molar refractivity (Wildman–Crippen MR) is 86.1 cm³/mol. The van der Waals surface area contributed by atoms with Gasteiger partial charge in [0.25, 0.3) is 5.91 Å². The Morgan fingerprint density at radius 3 is 2.24 bits per heavy atom. The number of ether oxygens (including phenoxy) is 2. The molecule has 1 amide bonds. The number of halogens is 3. The van der Waals surface area contributed by atoms with Crippen LogP contribution in [0, 0.1) is 0 Å². The lowest BCUT2D eigenvalue weighted by atomic mass is 10.1. The second-order valence-corrected chi connectivity index (χ2v) is 4.89. The van der Waals surface area contributed by atoms with Crippen molar-refractivity contribution >= 4 is 12.1 Å². The molecule has 0 heterocycles. The van der Waals surface area contributed by atoms with Crippen LogP contribution in [-0.4, -0.2) is 26.3 Å². The molecule has 0 bridgehead atoms. The van der Waals surface area contributed by atoms with E-state index in [-0.39, 0.29) is 11.1 Å². The summed E-state index contributed by atoms with van der Waals surface area (Å²) in [5.41, 5.74) is 1.38. The monoisotopic (exact) mass is 352 g/mol. The highest BCUT2D eigenvalue weighted by atomic mass is 19.4. The van der Waals surface area contributed by atoms with Crippen molar-refractivity contribution in [2.75, 3.05) is 14.2 Å². The molecule has 0 fully saturated rings. The number of methoxy groups -OCH3 is 2. The molecule has 0 saturated heterocycles. The third-order valence-corrected chi connectivity index (χ3v) is 3.25. The SMILES string of the molecule is COc1cc(OC)cc(C(=O)N/N=C/c2ccccc2C(F)(F)F)c1. The molecule has 2 aromatic carbocycles. The van der Waals surface area contributed by atoms with Crippen LogP contribution in [0.25, 0.3) is 0 Å². The third kappa shape index (κ3) is 4.72. The number of hydrazone groups is 1. The Balaban J connectivity index is 2.17. The summed E-state index contributed by atoms with van der Waals surface area (Å²) in [5.74, 6) is 0.185. The highest BCUT2D eigenvalue weighted by Crippen LogP contribution is 2.31. The van der Waals surface area contributed by atoms with Gasteiger partial charge in [0.1, 0.15) is 11.5 Å². The maximum atomic E-state index is 12.9. The van der Waals surface area contributed by atoms with E-state index in [1.807, 2.05) is 0 Å². The van der Waals surface area contributed by atoms with Crippen LogP contribution in [-0.2, 0) is 6.18 Å². The largest absolute Gasteiger partial charge is 0.497 e. The lowest BCUT2D eigenvalue weighted by Crippen LogP contribution is -2.18. The van der Waals surface area contributed by atoms with Gasteiger partial charge in [-0.2, -0.15) is 18.3 Å². The highest BCUT2D eigenvalue weighted by Gasteiger charge is 2.32. The van der Waals surface area contributed by atoms with Crippen LogP contribution in [0.4, 0.5) is 13.2 Å². The van der Waals surface area contributed by atoms with E-state index in [0.717, 1.165) is 12.3 Å². The van der Waals surface area contributed by atoms with E-state index in [2.05, 4.69) is 10.5 Å². The summed E-state index contributed by atoms with van der Waals surface area (Å²) in [6.45, 7) is 0. The molecule has 0 spiro atoms. The first-order chi connectivity index (χ1) is 11.8. The minimum Gasteiger partial charge on any atom is -0.497 e. The topological polar surface area (TPSA) is 59.9 Å². The molecule has 2 rings (SSSR count). The van der Waals surface area contributed by atoms with E-state index in [9.17, 15) is 18.0 Å². The van der Waals surface area contributed by atoms with Crippen molar-refractivity contribution in [1.29, 1.82) is 0 Å². The number of amides is 1. The average Bonchev–Trinajstić information content (AvgIpc) is 2.60. The number of hydrogen-bond acceptors (Lipinski definition) is 4. The Kier molecular flexibility index (Phi) is 5.63. The summed E-state index contributed by atoms with van der Waals surface area (Å²) in [5, 5.41) is 3.60. The molecule has 0 aliphatic heterocycles. The first-order valence-corrected chi connectivity index (χ1v) is 7.08. The van der Waals surface area contributed by atoms with Crippen LogP contribution in [0.5, 0.6) is 11.5 Å². The molecule has 8 heteroatoms. The number of carbonyl (C=O) groups excluding carboxylic acids is 1. The first kappa shape index (κ1) is 18.3. The van der Waals surface area contributed by atoms with E-state index in [1.54, 1.807) is 6.07 Å². The van der Waals surface area contributed by atoms with Gasteiger partial charge >= 0.3 is 6.18 Å². The molecule has 0 radical (unpaired) electrons. The van der Waals surface area contributed by atoms with Crippen LogP contribution < -0.4 is 14.9 Å². The molecular weight excluding hydrogens is 337 g/mol. The summed E-state index contributed by atoms with van der Waals surface area (Å²) in [6, 6.07) is 9.42. The average molecular weight is 352 g/mol. The molecule has 0 atom stereocenters. The van der Waals surface area contributed by atoms with Gasteiger partial charge in [-0.25, -0.2) is 5.43 Å². The summed E-state index contributed by atoms with van der Waals surface area (Å²) >= 11 is 0. The first-order valence-electron chi connectivity index (χ1n) is 7.08. The van der Waals surface area contributed by atoms with Gasteiger partial charge in [-0.05, 0) is 18.2 Å². The molecule has 25 heavy (non-hydrogen) atoms. The lowest BCUT2D eigenvalue weighted by molar-refractivity contribution is -0.137. The van der Waals surface area contributed by atoms with Crippen molar-refractivity contribution in [3.8, 4) is 11.5 Å². The number of nitrogens with zero attached hydrogens (tertiary/aromatic N) is 1. The van der Waals surface area contributed by atoms with Crippen molar-refractivity contribution in [2.24, 2.45) is 5.10 Å². The van der Waals surface area contributed by atoms with Gasteiger partial charge < -0.3 is 9.47 Å². The molecule has 2 aromatic rings. The van der Waals surface area contributed by atoms with Crippen molar-refractivity contribution in [3.05, 3.63) is 59.2 Å². The van der Waals surface area contributed by atoms with Crippen LogP contribution in [0.2, 0.25) is 0 Å². The molecular formula is C17H15F3N2O3. The van der Waals surface area contributed by atoms with Gasteiger partial charge in [-0.1, -0.05) is 18.2 Å². The van der Waals surface area contributed by atoms with Crippen molar-refractivity contribution in [3.63, 3.8) is 0 Å². The lowest BCUT2D eigenvalue weighted by Gasteiger charge is -2.09. The fraction of sp³-hybridized carbons (Fsp3) is 0.176. The molecule has 5 nitrogen and oxygen atoms in total. The van der Waals surface area contributed by atoms with Crippen molar-refractivity contribution in [2.45, 2.75) is 6.18 Å². The number of nitrogens with one attached hydrogen (secondary N) is 1. The van der Waals surface area contributed by atoms with E-state index in [4.69, 9.17) is 9.47 Å². The molecule has 0 saturated carbocycles. The van der Waals surface area contributed by atoms with Gasteiger partial charge in [0.15, 0.2) is 0 Å². The summed E-state index contributed by atoms with van der Waals surface area (Å²) in [7, 11) is 2.87. The van der Waals surface area contributed by atoms with Crippen LogP contribution in [0.15, 0.2) is 47.6 Å². The van der Waals surface area contributed by atoms with Gasteiger partial charge in [0.05, 0.1) is 26.0 Å². The van der Waals surface area contributed by atoms with Gasteiger partial charge in [-0.3, -0.25) is 4.79 Å². The maximum Gasteiger partial charge on any atom is 0.417 e. The van der Waals surface area contributed by atoms with Gasteiger partial charge in [0, 0.05) is 17.2 Å². The standard InChI is InChI=1S/C17H15F3N2O3/c1-24-13-7-12(8-14(9-13)25-2)16(23)22-21-10-11-5-3-4-6-15(11)17(18,19)20/h3-10H,1-2H3,(H,22,23)/b21-10+. The number of benzene rings is 2. The van der Waals surface area contributed by atoms with Crippen LogP contribution >= 0.6 is 0 Å². The Morgan fingerprint density at radius 2 is 1.68 bits per heavy atom. The summed E-state index contributed by atoms with van der Waals surface area (Å²) in [6.07, 6.45) is -3.56. The molecule has 0 aromatic heterocycles. The zero-order valence-corrected chi connectivity index (χ0v) is 13.4. The minimum absolute atomic E-state index is 0.154. The fourth-order valence-electron chi connectivity index (χ4n) is 2.03. The number of alkyl halides is 3. The Bertz CT molecular complexity index is 767. The second-order valence-electron chi connectivity index (χ2n) is 4.89. The smallest absolute Gasteiger partial charge is 0.417 e. The second kappa shape index (κ2) is 7.69. The zero-order valence-electron chi connectivity index (χ0n) is 13.4. The number of carbonyl (C=O) groups is 1. The molecule has 0 aliphatic rings. The third-order valence-electron chi connectivity index (χ3n) is 3.25. The Labute approximate surface area is 142 Å². The molecule has 0 unspecified atom stereocenters. The highest BCUT2D eigenvalue weighted by molar-refractivity contribution is 5.95.